The monoisotopic (exact) mass is 871 g/mol. The van der Waals surface area contributed by atoms with Crippen LogP contribution in [0.5, 0.6) is 0 Å². The van der Waals surface area contributed by atoms with E-state index in [9.17, 15) is 19.2 Å². The Labute approximate surface area is 369 Å². The highest BCUT2D eigenvalue weighted by Gasteiger charge is 2.17. The van der Waals surface area contributed by atoms with E-state index < -0.39 is 14.6 Å². The van der Waals surface area contributed by atoms with Gasteiger partial charge in [-0.15, -0.1) is 0 Å². The molecule has 0 fully saturated rings. The fourth-order valence-corrected chi connectivity index (χ4v) is 7.01. The molecule has 11 nitrogen and oxygen atoms in total. The number of aromatic nitrogens is 1. The van der Waals surface area contributed by atoms with Crippen molar-refractivity contribution >= 4 is 71.2 Å². The van der Waals surface area contributed by atoms with E-state index in [1.165, 1.54) is 11.5 Å². The van der Waals surface area contributed by atoms with Gasteiger partial charge >= 0.3 is 26.5 Å². The number of aromatic amines is 1. The number of nitrogens with one attached hydrogen (secondary N) is 1. The first-order chi connectivity index (χ1) is 30.8. The number of carbonyl (C=O) groups is 4. The van der Waals surface area contributed by atoms with Crippen LogP contribution in [0.2, 0.25) is 0 Å². The quantitative estimate of drug-likeness (QED) is 0.0348. The van der Waals surface area contributed by atoms with Crippen molar-refractivity contribution in [2.24, 2.45) is 0 Å². The minimum Gasteiger partial charge on any atom is -0.464 e. The topological polar surface area (TPSA) is 139 Å². The molecule has 0 atom stereocenters. The predicted octanol–water partition coefficient (Wildman–Crippen LogP) is 11.9. The second-order valence-electron chi connectivity index (χ2n) is 13.0. The molecule has 1 heterocycles. The van der Waals surface area contributed by atoms with Gasteiger partial charge in [-0.25, -0.2) is 14.4 Å². The van der Waals surface area contributed by atoms with Gasteiger partial charge in [0.15, 0.2) is 12.9 Å². The average molecular weight is 872 g/mol. The number of rotatable bonds is 15. The second kappa shape index (κ2) is 27.5. The van der Waals surface area contributed by atoms with E-state index in [0.29, 0.717) is 38.6 Å². The maximum atomic E-state index is 12.0. The standard InChI is InChI=1S/C17H15NO2.C15H14O2.C11H8O.C8H17O5P/c1-2-20-17(19)16-11-18-10-15(16)14-9-5-7-12-6-3-4-8-13(12)14;1-2-17-15(16)11-10-13-8-5-7-12-6-3-4-9-14(12)13;12-8-10-6-3-5-9-4-1-2-7-11(9)10;1-4-10-8(9)7-13-14(11-5-2)12-6-3/h3-11,18H,2H2,1H3;3-11H,2H2,1H3;1-8H;4-7H2,1-3H3/b;11-10-;;. The third-order valence-corrected chi connectivity index (χ3v) is 10.1. The van der Waals surface area contributed by atoms with Gasteiger partial charge in [0.2, 0.25) is 0 Å². The number of benzene rings is 6. The zero-order valence-electron chi connectivity index (χ0n) is 36.3. The fraction of sp³-hybridized carbons (Fsp3) is 0.216. The highest BCUT2D eigenvalue weighted by Crippen LogP contribution is 2.39. The molecule has 1 aromatic heterocycles. The van der Waals surface area contributed by atoms with E-state index in [-0.39, 0.29) is 18.5 Å². The Balaban J connectivity index is 0.000000188. The summed E-state index contributed by atoms with van der Waals surface area (Å²) in [6.07, 6.45) is 7.68. The van der Waals surface area contributed by atoms with Crippen molar-refractivity contribution in [2.45, 2.75) is 34.6 Å². The van der Waals surface area contributed by atoms with Crippen LogP contribution in [0, 0.1) is 0 Å². The minimum absolute atomic E-state index is 0.125. The van der Waals surface area contributed by atoms with Crippen molar-refractivity contribution in [1.29, 1.82) is 0 Å². The molecular weight excluding hydrogens is 818 g/mol. The summed E-state index contributed by atoms with van der Waals surface area (Å²) in [6.45, 7) is 11.0. The zero-order valence-corrected chi connectivity index (χ0v) is 37.2. The van der Waals surface area contributed by atoms with Crippen LogP contribution in [0.4, 0.5) is 0 Å². The summed E-state index contributed by atoms with van der Waals surface area (Å²) >= 11 is 0. The van der Waals surface area contributed by atoms with Crippen molar-refractivity contribution in [1.82, 2.24) is 4.98 Å². The molecule has 0 aliphatic rings. The van der Waals surface area contributed by atoms with Crippen LogP contribution in [-0.4, -0.2) is 68.8 Å². The summed E-state index contributed by atoms with van der Waals surface area (Å²) in [5.74, 6) is -1.00. The first-order valence-corrected chi connectivity index (χ1v) is 21.8. The van der Waals surface area contributed by atoms with E-state index in [1.54, 1.807) is 26.1 Å². The molecule has 0 saturated heterocycles. The fourth-order valence-electron chi connectivity index (χ4n) is 6.15. The van der Waals surface area contributed by atoms with Crippen molar-refractivity contribution < 1.29 is 47.0 Å². The summed E-state index contributed by atoms with van der Waals surface area (Å²) in [5, 5.41) is 6.72. The number of hydrogen-bond donors (Lipinski definition) is 1. The largest absolute Gasteiger partial charge is 0.464 e. The number of ether oxygens (including phenoxy) is 3. The average Bonchev–Trinajstić information content (AvgIpc) is 3.81. The Morgan fingerprint density at radius 3 is 1.60 bits per heavy atom. The Morgan fingerprint density at radius 1 is 0.524 bits per heavy atom. The molecule has 328 valence electrons. The van der Waals surface area contributed by atoms with Gasteiger partial charge in [0.05, 0.1) is 38.6 Å². The van der Waals surface area contributed by atoms with E-state index in [4.69, 9.17) is 23.0 Å². The van der Waals surface area contributed by atoms with Crippen LogP contribution < -0.4 is 0 Å². The lowest BCUT2D eigenvalue weighted by atomic mass is 9.98. The molecule has 0 aliphatic carbocycles. The third kappa shape index (κ3) is 15.4. The van der Waals surface area contributed by atoms with Crippen LogP contribution in [0.1, 0.15) is 60.9 Å². The molecule has 0 saturated carbocycles. The Morgan fingerprint density at radius 2 is 1.03 bits per heavy atom. The van der Waals surface area contributed by atoms with Crippen molar-refractivity contribution in [2.75, 3.05) is 39.6 Å². The highest BCUT2D eigenvalue weighted by atomic mass is 31.2. The van der Waals surface area contributed by atoms with Gasteiger partial charge in [-0.2, -0.15) is 0 Å². The van der Waals surface area contributed by atoms with Crippen LogP contribution in [0.25, 0.3) is 49.5 Å². The maximum absolute atomic E-state index is 12.0. The first kappa shape index (κ1) is 49.2. The van der Waals surface area contributed by atoms with Gasteiger partial charge in [-0.3, -0.25) is 4.79 Å². The molecule has 0 aliphatic heterocycles. The Kier molecular flexibility index (Phi) is 21.4. The molecule has 7 rings (SSSR count). The van der Waals surface area contributed by atoms with Gasteiger partial charge in [-0.05, 0) is 84.1 Å². The number of fused-ring (bicyclic) bond motifs is 3. The number of aldehydes is 1. The van der Waals surface area contributed by atoms with Gasteiger partial charge in [0.25, 0.3) is 0 Å². The molecule has 0 amide bonds. The summed E-state index contributed by atoms with van der Waals surface area (Å²) in [4.78, 5) is 47.8. The lowest BCUT2D eigenvalue weighted by Crippen LogP contribution is -2.11. The third-order valence-electron chi connectivity index (χ3n) is 8.84. The number of esters is 3. The number of H-pyrrole nitrogens is 1. The lowest BCUT2D eigenvalue weighted by molar-refractivity contribution is -0.145. The molecule has 0 unspecified atom stereocenters. The van der Waals surface area contributed by atoms with Crippen LogP contribution in [0.15, 0.2) is 146 Å². The SMILES string of the molecule is CCOC(=O)/C=C\c1cccc2ccccc12.CCOC(=O)COP(OCC)OCC.CCOC(=O)c1c[nH]cc1-c1cccc2ccccc12.O=Cc1cccc2ccccc12. The number of hydrogen-bond acceptors (Lipinski definition) is 10. The van der Waals surface area contributed by atoms with Gasteiger partial charge in [0, 0.05) is 29.6 Å². The maximum Gasteiger partial charge on any atom is 0.340 e. The number of carbonyl (C=O) groups excluding carboxylic acids is 4. The smallest absolute Gasteiger partial charge is 0.340 e. The molecule has 6 aromatic carbocycles. The van der Waals surface area contributed by atoms with E-state index >= 15 is 0 Å². The van der Waals surface area contributed by atoms with Crippen molar-refractivity contribution in [3.8, 4) is 11.1 Å². The molecule has 63 heavy (non-hydrogen) atoms. The normalized spacial score (nSPS) is 10.6. The summed E-state index contributed by atoms with van der Waals surface area (Å²) in [5.41, 5.74) is 4.26. The van der Waals surface area contributed by atoms with Crippen LogP contribution in [-0.2, 0) is 37.4 Å². The molecule has 0 bridgehead atoms. The molecule has 12 heteroatoms. The highest BCUT2D eigenvalue weighted by molar-refractivity contribution is 7.41. The van der Waals surface area contributed by atoms with E-state index in [1.807, 2.05) is 124 Å². The Hall–Kier alpha value is -6.49. The Bertz CT molecular complexity index is 2530. The van der Waals surface area contributed by atoms with Crippen LogP contribution in [0.3, 0.4) is 0 Å². The summed E-state index contributed by atoms with van der Waals surface area (Å²) < 4.78 is 30.0. The molecule has 1 N–H and O–H groups in total. The predicted molar refractivity (Wildman–Crippen MR) is 251 cm³/mol. The van der Waals surface area contributed by atoms with Gasteiger partial charge in [-0.1, -0.05) is 127 Å². The minimum atomic E-state index is -1.40. The van der Waals surface area contributed by atoms with Crippen LogP contribution >= 0.6 is 8.60 Å². The molecule has 7 aromatic rings. The van der Waals surface area contributed by atoms with E-state index in [2.05, 4.69) is 40.1 Å². The van der Waals surface area contributed by atoms with Crippen molar-refractivity contribution in [3.63, 3.8) is 0 Å². The summed E-state index contributed by atoms with van der Waals surface area (Å²) in [7, 11) is -1.40. The molecule has 0 spiro atoms. The summed E-state index contributed by atoms with van der Waals surface area (Å²) in [6, 6.07) is 41.9. The second-order valence-corrected chi connectivity index (χ2v) is 14.2. The molecular formula is C51H54NO10P. The van der Waals surface area contributed by atoms with Gasteiger partial charge in [0.1, 0.15) is 0 Å². The van der Waals surface area contributed by atoms with E-state index in [0.717, 1.165) is 55.5 Å². The lowest BCUT2D eigenvalue weighted by Gasteiger charge is -2.13. The van der Waals surface area contributed by atoms with Gasteiger partial charge < -0.3 is 32.8 Å². The molecule has 0 radical (unpaired) electrons. The van der Waals surface area contributed by atoms with Crippen molar-refractivity contribution in [3.05, 3.63) is 163 Å². The zero-order chi connectivity index (χ0) is 45.2. The first-order valence-electron chi connectivity index (χ1n) is 20.7.